The lowest BCUT2D eigenvalue weighted by molar-refractivity contribution is -0.187. The molecule has 0 radical (unpaired) electrons. The summed E-state index contributed by atoms with van der Waals surface area (Å²) in [5.41, 5.74) is 1.38. The molecule has 3 aliphatic heterocycles. The lowest BCUT2D eigenvalue weighted by atomic mass is 10.0. The van der Waals surface area contributed by atoms with Crippen LogP contribution in [-0.2, 0) is 19.1 Å². The van der Waals surface area contributed by atoms with Crippen LogP contribution in [0.5, 0.6) is 11.5 Å². The van der Waals surface area contributed by atoms with E-state index in [0.29, 0.717) is 50.6 Å². The zero-order valence-corrected chi connectivity index (χ0v) is 18.5. The van der Waals surface area contributed by atoms with Crippen molar-refractivity contribution in [1.82, 2.24) is 4.90 Å². The molecule has 2 saturated heterocycles. The second-order valence-electron chi connectivity index (χ2n) is 8.23. The van der Waals surface area contributed by atoms with Crippen LogP contribution < -0.4 is 14.4 Å². The predicted molar refractivity (Wildman–Crippen MR) is 121 cm³/mol. The zero-order valence-electron chi connectivity index (χ0n) is 18.5. The number of amides is 2. The number of benzene rings is 2. The quantitative estimate of drug-likeness (QED) is 0.667. The fraction of sp³-hybridized carbons (Fsp3) is 0.360. The average molecular weight is 450 g/mol. The van der Waals surface area contributed by atoms with Crippen molar-refractivity contribution in [2.75, 3.05) is 44.9 Å². The molecule has 0 bridgehead atoms. The fourth-order valence-corrected chi connectivity index (χ4v) is 4.39. The van der Waals surface area contributed by atoms with E-state index in [1.54, 1.807) is 30.2 Å². The molecule has 172 valence electrons. The van der Waals surface area contributed by atoms with Crippen molar-refractivity contribution in [2.24, 2.45) is 0 Å². The summed E-state index contributed by atoms with van der Waals surface area (Å²) in [5.74, 6) is 0.409. The molecule has 2 fully saturated rings. The van der Waals surface area contributed by atoms with Gasteiger partial charge >= 0.3 is 0 Å². The molecule has 2 aromatic rings. The minimum absolute atomic E-state index is 0.0616. The van der Waals surface area contributed by atoms with Crippen LogP contribution in [0.25, 0.3) is 6.08 Å². The molecule has 0 unspecified atom stereocenters. The Balaban J connectivity index is 1.35. The minimum atomic E-state index is -0.549. The van der Waals surface area contributed by atoms with E-state index in [9.17, 15) is 9.59 Å². The lowest BCUT2D eigenvalue weighted by Crippen LogP contribution is -2.51. The molecule has 0 aliphatic carbocycles. The second-order valence-corrected chi connectivity index (χ2v) is 8.23. The van der Waals surface area contributed by atoms with Crippen molar-refractivity contribution in [1.29, 1.82) is 0 Å². The topological polar surface area (TPSA) is 77.5 Å². The SMILES string of the molecule is COc1ccc(/C=C2\Oc3ccccc3N(CC(=O)N3CCC4(CC3)OCCO4)C2=O)cc1. The molecule has 0 saturated carbocycles. The number of para-hydroxylation sites is 2. The molecule has 0 atom stereocenters. The van der Waals surface area contributed by atoms with Crippen molar-refractivity contribution in [3.05, 3.63) is 59.9 Å². The van der Waals surface area contributed by atoms with Crippen LogP contribution in [0.1, 0.15) is 18.4 Å². The summed E-state index contributed by atoms with van der Waals surface area (Å²) in [7, 11) is 1.60. The van der Waals surface area contributed by atoms with Gasteiger partial charge in [-0.25, -0.2) is 0 Å². The number of carbonyl (C=O) groups is 2. The fourth-order valence-electron chi connectivity index (χ4n) is 4.39. The molecule has 0 aromatic heterocycles. The van der Waals surface area contributed by atoms with Crippen molar-refractivity contribution in [3.8, 4) is 11.5 Å². The molecule has 3 aliphatic rings. The van der Waals surface area contributed by atoms with Crippen molar-refractivity contribution in [2.45, 2.75) is 18.6 Å². The Hall–Kier alpha value is -3.36. The number of hydrogen-bond donors (Lipinski definition) is 0. The number of carbonyl (C=O) groups excluding carboxylic acids is 2. The van der Waals surface area contributed by atoms with Gasteiger partial charge in [0, 0.05) is 25.9 Å². The van der Waals surface area contributed by atoms with Crippen LogP contribution in [0.2, 0.25) is 0 Å². The van der Waals surface area contributed by atoms with Gasteiger partial charge in [-0.15, -0.1) is 0 Å². The van der Waals surface area contributed by atoms with Crippen LogP contribution >= 0.6 is 0 Å². The molecular weight excluding hydrogens is 424 g/mol. The Bertz CT molecular complexity index is 1060. The summed E-state index contributed by atoms with van der Waals surface area (Å²) in [6.07, 6.45) is 2.94. The number of methoxy groups -OCH3 is 1. The summed E-state index contributed by atoms with van der Waals surface area (Å²) in [6.45, 7) is 2.20. The van der Waals surface area contributed by atoms with Crippen LogP contribution in [-0.4, -0.2) is 62.5 Å². The largest absolute Gasteiger partial charge is 0.497 e. The molecular formula is C25H26N2O6. The van der Waals surface area contributed by atoms with Gasteiger partial charge in [-0.3, -0.25) is 14.5 Å². The molecule has 1 spiro atoms. The Morgan fingerprint density at radius 2 is 1.76 bits per heavy atom. The minimum Gasteiger partial charge on any atom is -0.497 e. The van der Waals surface area contributed by atoms with E-state index in [4.69, 9.17) is 18.9 Å². The maximum absolute atomic E-state index is 13.3. The molecule has 8 nitrogen and oxygen atoms in total. The number of anilines is 1. The van der Waals surface area contributed by atoms with Crippen molar-refractivity contribution >= 4 is 23.6 Å². The summed E-state index contributed by atoms with van der Waals surface area (Å²) < 4.78 is 22.6. The number of ether oxygens (including phenoxy) is 4. The number of fused-ring (bicyclic) bond motifs is 1. The molecule has 0 N–H and O–H groups in total. The molecule has 2 aromatic carbocycles. The van der Waals surface area contributed by atoms with Crippen LogP contribution in [0.15, 0.2) is 54.3 Å². The smallest absolute Gasteiger partial charge is 0.294 e. The third-order valence-corrected chi connectivity index (χ3v) is 6.23. The number of likely N-dealkylation sites (tertiary alicyclic amines) is 1. The first-order valence-electron chi connectivity index (χ1n) is 11.1. The third kappa shape index (κ3) is 4.31. The summed E-state index contributed by atoms with van der Waals surface area (Å²) in [5, 5.41) is 0. The van der Waals surface area contributed by atoms with Gasteiger partial charge in [0.2, 0.25) is 5.91 Å². The van der Waals surface area contributed by atoms with Gasteiger partial charge in [0.15, 0.2) is 17.3 Å². The first-order chi connectivity index (χ1) is 16.1. The Kier molecular flexibility index (Phi) is 5.78. The van der Waals surface area contributed by atoms with Crippen LogP contribution in [0.4, 0.5) is 5.69 Å². The van der Waals surface area contributed by atoms with E-state index in [1.807, 2.05) is 36.4 Å². The van der Waals surface area contributed by atoms with Gasteiger partial charge in [-0.2, -0.15) is 0 Å². The monoisotopic (exact) mass is 450 g/mol. The number of nitrogens with zero attached hydrogens (tertiary/aromatic N) is 2. The number of rotatable bonds is 4. The van der Waals surface area contributed by atoms with Crippen LogP contribution in [0, 0.1) is 0 Å². The standard InChI is InChI=1S/C25H26N2O6/c1-30-19-8-6-18(7-9-19)16-22-24(29)27(20-4-2-3-5-21(20)33-22)17-23(28)26-12-10-25(11-13-26)31-14-15-32-25/h2-9,16H,10-15,17H2,1H3/b22-16-. The molecule has 5 rings (SSSR count). The molecule has 3 heterocycles. The summed E-state index contributed by atoms with van der Waals surface area (Å²) >= 11 is 0. The van der Waals surface area contributed by atoms with E-state index in [1.165, 1.54) is 4.90 Å². The predicted octanol–water partition coefficient (Wildman–Crippen LogP) is 2.83. The van der Waals surface area contributed by atoms with Crippen LogP contribution in [0.3, 0.4) is 0 Å². The second kappa shape index (κ2) is 8.88. The van der Waals surface area contributed by atoms with Gasteiger partial charge < -0.3 is 23.8 Å². The van der Waals surface area contributed by atoms with Gasteiger partial charge in [-0.05, 0) is 35.9 Å². The van der Waals surface area contributed by atoms with E-state index >= 15 is 0 Å². The van der Waals surface area contributed by atoms with Crippen molar-refractivity contribution in [3.63, 3.8) is 0 Å². The van der Waals surface area contributed by atoms with Gasteiger partial charge in [0.25, 0.3) is 5.91 Å². The Morgan fingerprint density at radius 3 is 2.45 bits per heavy atom. The highest BCUT2D eigenvalue weighted by Gasteiger charge is 2.41. The highest BCUT2D eigenvalue weighted by Crippen LogP contribution is 2.36. The number of piperidine rings is 1. The van der Waals surface area contributed by atoms with Crippen molar-refractivity contribution < 1.29 is 28.5 Å². The highest BCUT2D eigenvalue weighted by molar-refractivity contribution is 6.12. The third-order valence-electron chi connectivity index (χ3n) is 6.23. The van der Waals surface area contributed by atoms with E-state index < -0.39 is 5.79 Å². The maximum atomic E-state index is 13.3. The average Bonchev–Trinajstić information content (AvgIpc) is 3.30. The van der Waals surface area contributed by atoms with Gasteiger partial charge in [0.05, 0.1) is 26.0 Å². The molecule has 33 heavy (non-hydrogen) atoms. The summed E-state index contributed by atoms with van der Waals surface area (Å²) in [6, 6.07) is 14.6. The Labute approximate surface area is 192 Å². The molecule has 2 amide bonds. The van der Waals surface area contributed by atoms with Gasteiger partial charge in [-0.1, -0.05) is 24.3 Å². The lowest BCUT2D eigenvalue weighted by Gasteiger charge is -2.38. The molecule has 8 heteroatoms. The first kappa shape index (κ1) is 21.5. The maximum Gasteiger partial charge on any atom is 0.294 e. The number of hydrogen-bond acceptors (Lipinski definition) is 6. The van der Waals surface area contributed by atoms with E-state index in [2.05, 4.69) is 0 Å². The van der Waals surface area contributed by atoms with E-state index in [-0.39, 0.29) is 24.1 Å². The zero-order chi connectivity index (χ0) is 22.8. The van der Waals surface area contributed by atoms with E-state index in [0.717, 1.165) is 11.3 Å². The summed E-state index contributed by atoms with van der Waals surface area (Å²) in [4.78, 5) is 29.7. The first-order valence-corrected chi connectivity index (χ1v) is 11.1. The highest BCUT2D eigenvalue weighted by atomic mass is 16.7. The van der Waals surface area contributed by atoms with Gasteiger partial charge in [0.1, 0.15) is 12.3 Å². The normalized spacial score (nSPS) is 20.6. The Morgan fingerprint density at radius 1 is 1.06 bits per heavy atom.